The molecule has 4 nitrogen and oxygen atoms in total. The first kappa shape index (κ1) is 16.0. The standard InChI is InChI=1S/C17H26N2O2/c1-19(2)17(10-6-7-11-17)13-18-12-14-8-4-5-9-15(14)16(20)21-3/h4-5,8-9,18H,6-7,10-13H2,1-3H3. The van der Waals surface area contributed by atoms with Crippen molar-refractivity contribution in [2.24, 2.45) is 0 Å². The van der Waals surface area contributed by atoms with E-state index in [1.807, 2.05) is 24.3 Å². The van der Waals surface area contributed by atoms with Gasteiger partial charge in [0.25, 0.3) is 0 Å². The predicted molar refractivity (Wildman–Crippen MR) is 84.4 cm³/mol. The summed E-state index contributed by atoms with van der Waals surface area (Å²) in [4.78, 5) is 14.1. The molecule has 1 aliphatic carbocycles. The molecule has 1 aromatic rings. The fraction of sp³-hybridized carbons (Fsp3) is 0.588. The van der Waals surface area contributed by atoms with E-state index in [1.165, 1.54) is 32.8 Å². The second kappa shape index (κ2) is 7.05. The number of carbonyl (C=O) groups is 1. The van der Waals surface area contributed by atoms with Gasteiger partial charge in [0.15, 0.2) is 0 Å². The molecule has 0 saturated heterocycles. The van der Waals surface area contributed by atoms with Gasteiger partial charge in [0.2, 0.25) is 0 Å². The van der Waals surface area contributed by atoms with Crippen molar-refractivity contribution in [2.45, 2.75) is 37.8 Å². The van der Waals surface area contributed by atoms with Crippen molar-refractivity contribution >= 4 is 5.97 Å². The Morgan fingerprint density at radius 2 is 1.95 bits per heavy atom. The highest BCUT2D eigenvalue weighted by Crippen LogP contribution is 2.33. The minimum Gasteiger partial charge on any atom is -0.465 e. The smallest absolute Gasteiger partial charge is 0.338 e. The number of methoxy groups -OCH3 is 1. The van der Waals surface area contributed by atoms with Crippen molar-refractivity contribution in [3.05, 3.63) is 35.4 Å². The van der Waals surface area contributed by atoms with Crippen molar-refractivity contribution in [3.8, 4) is 0 Å². The summed E-state index contributed by atoms with van der Waals surface area (Å²) in [5, 5.41) is 3.54. The van der Waals surface area contributed by atoms with Crippen LogP contribution in [0.2, 0.25) is 0 Å². The summed E-state index contributed by atoms with van der Waals surface area (Å²) in [6.07, 6.45) is 5.09. The van der Waals surface area contributed by atoms with Gasteiger partial charge in [-0.2, -0.15) is 0 Å². The number of ether oxygens (including phenoxy) is 1. The second-order valence-corrected chi connectivity index (χ2v) is 6.08. The van der Waals surface area contributed by atoms with E-state index >= 15 is 0 Å². The Bertz CT molecular complexity index is 479. The highest BCUT2D eigenvalue weighted by Gasteiger charge is 2.35. The lowest BCUT2D eigenvalue weighted by Crippen LogP contribution is -2.49. The predicted octanol–water partition coefficient (Wildman–Crippen LogP) is 2.44. The molecule has 0 aromatic heterocycles. The van der Waals surface area contributed by atoms with Crippen LogP contribution in [0.3, 0.4) is 0 Å². The van der Waals surface area contributed by atoms with E-state index in [1.54, 1.807) is 0 Å². The summed E-state index contributed by atoms with van der Waals surface area (Å²) >= 11 is 0. The Morgan fingerprint density at radius 1 is 1.29 bits per heavy atom. The fourth-order valence-electron chi connectivity index (χ4n) is 3.23. The van der Waals surface area contributed by atoms with Gasteiger partial charge in [-0.3, -0.25) is 0 Å². The van der Waals surface area contributed by atoms with Gasteiger partial charge >= 0.3 is 5.97 Å². The van der Waals surface area contributed by atoms with Gasteiger partial charge in [-0.05, 0) is 38.6 Å². The topological polar surface area (TPSA) is 41.6 Å². The first-order valence-corrected chi connectivity index (χ1v) is 7.63. The SMILES string of the molecule is COC(=O)c1ccccc1CNCC1(N(C)C)CCCC1. The van der Waals surface area contributed by atoms with Gasteiger partial charge < -0.3 is 15.0 Å². The van der Waals surface area contributed by atoms with E-state index in [0.29, 0.717) is 12.1 Å². The number of nitrogens with one attached hydrogen (secondary N) is 1. The third-order valence-corrected chi connectivity index (χ3v) is 4.68. The molecule has 116 valence electrons. The van der Waals surface area contributed by atoms with Crippen molar-refractivity contribution < 1.29 is 9.53 Å². The van der Waals surface area contributed by atoms with Crippen molar-refractivity contribution in [1.82, 2.24) is 10.2 Å². The highest BCUT2D eigenvalue weighted by molar-refractivity contribution is 5.90. The van der Waals surface area contributed by atoms with Gasteiger partial charge in [0, 0.05) is 18.6 Å². The van der Waals surface area contributed by atoms with Crippen molar-refractivity contribution in [3.63, 3.8) is 0 Å². The van der Waals surface area contributed by atoms with E-state index in [-0.39, 0.29) is 11.5 Å². The molecule has 2 rings (SSSR count). The van der Waals surface area contributed by atoms with E-state index in [9.17, 15) is 4.79 Å². The molecule has 4 heteroatoms. The van der Waals surface area contributed by atoms with Crippen LogP contribution in [0.5, 0.6) is 0 Å². The maximum atomic E-state index is 11.8. The van der Waals surface area contributed by atoms with Crippen LogP contribution in [0.25, 0.3) is 0 Å². The first-order valence-electron chi connectivity index (χ1n) is 7.63. The Morgan fingerprint density at radius 3 is 2.57 bits per heavy atom. The third kappa shape index (κ3) is 3.63. The lowest BCUT2D eigenvalue weighted by atomic mass is 9.96. The zero-order chi connectivity index (χ0) is 15.3. The van der Waals surface area contributed by atoms with Crippen LogP contribution >= 0.6 is 0 Å². The number of nitrogens with zero attached hydrogens (tertiary/aromatic N) is 1. The van der Waals surface area contributed by atoms with E-state index < -0.39 is 0 Å². The molecule has 0 radical (unpaired) electrons. The van der Waals surface area contributed by atoms with Crippen molar-refractivity contribution in [1.29, 1.82) is 0 Å². The Hall–Kier alpha value is -1.39. The second-order valence-electron chi connectivity index (χ2n) is 6.08. The molecular formula is C17H26N2O2. The summed E-state index contributed by atoms with van der Waals surface area (Å²) in [7, 11) is 5.75. The molecule has 0 heterocycles. The normalized spacial score (nSPS) is 17.1. The van der Waals surface area contributed by atoms with Crippen LogP contribution in [0.4, 0.5) is 0 Å². The number of esters is 1. The lowest BCUT2D eigenvalue weighted by molar-refractivity contribution is 0.0599. The summed E-state index contributed by atoms with van der Waals surface area (Å²) < 4.78 is 4.84. The molecule has 0 atom stereocenters. The fourth-order valence-corrected chi connectivity index (χ4v) is 3.23. The quantitative estimate of drug-likeness (QED) is 0.817. The Kier molecular flexibility index (Phi) is 5.37. The first-order chi connectivity index (χ1) is 10.1. The zero-order valence-corrected chi connectivity index (χ0v) is 13.3. The van der Waals surface area contributed by atoms with Crippen LogP contribution in [-0.4, -0.2) is 44.2 Å². The number of hydrogen-bond acceptors (Lipinski definition) is 4. The molecule has 0 aliphatic heterocycles. The summed E-state index contributed by atoms with van der Waals surface area (Å²) in [5.74, 6) is -0.268. The number of rotatable bonds is 6. The summed E-state index contributed by atoms with van der Waals surface area (Å²) in [5.41, 5.74) is 1.91. The molecule has 1 aliphatic rings. The van der Waals surface area contributed by atoms with Crippen LogP contribution in [0.15, 0.2) is 24.3 Å². The summed E-state index contributed by atoms with van der Waals surface area (Å²) in [6, 6.07) is 7.63. The van der Waals surface area contributed by atoms with Crippen LogP contribution in [0, 0.1) is 0 Å². The molecule has 1 aromatic carbocycles. The maximum Gasteiger partial charge on any atom is 0.338 e. The molecule has 0 spiro atoms. The van der Waals surface area contributed by atoms with Crippen LogP contribution < -0.4 is 5.32 Å². The Balaban J connectivity index is 1.99. The molecule has 0 bridgehead atoms. The molecular weight excluding hydrogens is 264 g/mol. The monoisotopic (exact) mass is 290 g/mol. The largest absolute Gasteiger partial charge is 0.465 e. The van der Waals surface area contributed by atoms with E-state index in [2.05, 4.69) is 24.3 Å². The molecule has 1 saturated carbocycles. The average molecular weight is 290 g/mol. The molecule has 1 fully saturated rings. The average Bonchev–Trinajstić information content (AvgIpc) is 2.97. The molecule has 0 amide bonds. The van der Waals surface area contributed by atoms with Crippen LogP contribution in [0.1, 0.15) is 41.6 Å². The van der Waals surface area contributed by atoms with Crippen molar-refractivity contribution in [2.75, 3.05) is 27.7 Å². The molecule has 0 unspecified atom stereocenters. The summed E-state index contributed by atoms with van der Waals surface area (Å²) in [6.45, 7) is 1.65. The Labute approximate surface area is 127 Å². The maximum absolute atomic E-state index is 11.8. The van der Waals surface area contributed by atoms with Crippen LogP contribution in [-0.2, 0) is 11.3 Å². The lowest BCUT2D eigenvalue weighted by Gasteiger charge is -2.36. The van der Waals surface area contributed by atoms with Gasteiger partial charge in [0.05, 0.1) is 12.7 Å². The minimum absolute atomic E-state index is 0.264. The molecule has 21 heavy (non-hydrogen) atoms. The highest BCUT2D eigenvalue weighted by atomic mass is 16.5. The van der Waals surface area contributed by atoms with Gasteiger partial charge in [0.1, 0.15) is 0 Å². The number of carbonyl (C=O) groups excluding carboxylic acids is 1. The zero-order valence-electron chi connectivity index (χ0n) is 13.3. The molecule has 1 N–H and O–H groups in total. The van der Waals surface area contributed by atoms with E-state index in [4.69, 9.17) is 4.74 Å². The van der Waals surface area contributed by atoms with E-state index in [0.717, 1.165) is 12.1 Å². The third-order valence-electron chi connectivity index (χ3n) is 4.68. The van der Waals surface area contributed by atoms with Gasteiger partial charge in [-0.1, -0.05) is 31.0 Å². The number of likely N-dealkylation sites (N-methyl/N-ethyl adjacent to an activating group) is 1. The number of benzene rings is 1. The van der Waals surface area contributed by atoms with Gasteiger partial charge in [-0.15, -0.1) is 0 Å². The van der Waals surface area contributed by atoms with Gasteiger partial charge in [-0.25, -0.2) is 4.79 Å². The number of hydrogen-bond donors (Lipinski definition) is 1. The minimum atomic E-state index is -0.268.